The first-order valence-corrected chi connectivity index (χ1v) is 13.3. The molecule has 3 aromatic heterocycles. The van der Waals surface area contributed by atoms with E-state index in [9.17, 15) is 4.79 Å². The van der Waals surface area contributed by atoms with Gasteiger partial charge in [-0.1, -0.05) is 0 Å². The molecule has 1 aromatic carbocycles. The molecule has 5 N–H and O–H groups in total. The van der Waals surface area contributed by atoms with Crippen molar-refractivity contribution in [3.05, 3.63) is 48.7 Å². The van der Waals surface area contributed by atoms with Crippen LogP contribution in [0.1, 0.15) is 37.2 Å². The number of ether oxygens (including phenoxy) is 1. The van der Waals surface area contributed by atoms with Crippen molar-refractivity contribution in [1.82, 2.24) is 29.4 Å². The number of fused-ring (bicyclic) bond motifs is 1. The van der Waals surface area contributed by atoms with Crippen LogP contribution in [0.4, 0.5) is 17.3 Å². The molecule has 216 valence electrons. The van der Waals surface area contributed by atoms with E-state index in [-0.39, 0.29) is 24.1 Å². The van der Waals surface area contributed by atoms with Gasteiger partial charge in [-0.15, -0.1) is 0 Å². The van der Waals surface area contributed by atoms with Crippen LogP contribution in [0.5, 0.6) is 5.75 Å². The fourth-order valence-electron chi connectivity index (χ4n) is 4.73. The molecule has 1 aliphatic heterocycles. The molecule has 1 amide bonds. The molecule has 0 bridgehead atoms. The molecular formula is C28H35N9O4. The molecule has 13 heteroatoms. The van der Waals surface area contributed by atoms with Crippen molar-refractivity contribution in [3.63, 3.8) is 0 Å². The predicted octanol–water partition coefficient (Wildman–Crippen LogP) is 3.26. The van der Waals surface area contributed by atoms with Crippen LogP contribution in [0.2, 0.25) is 0 Å². The number of hydrogen-bond acceptors (Lipinski definition) is 10. The summed E-state index contributed by atoms with van der Waals surface area (Å²) in [4.78, 5) is 41.3. The molecular weight excluding hydrogens is 526 g/mol. The van der Waals surface area contributed by atoms with Gasteiger partial charge in [0, 0.05) is 45.1 Å². The number of imidazole rings is 1. The third-order valence-corrected chi connectivity index (χ3v) is 6.89. The normalized spacial score (nSPS) is 13.9. The van der Waals surface area contributed by atoms with Gasteiger partial charge in [0.2, 0.25) is 0 Å². The Hall–Kier alpha value is -4.78. The fraction of sp³-hybridized carbons (Fsp3) is 0.357. The summed E-state index contributed by atoms with van der Waals surface area (Å²) in [6.45, 7) is 6.30. The molecule has 0 aliphatic carbocycles. The lowest BCUT2D eigenvalue weighted by molar-refractivity contribution is -0.122. The molecule has 4 aromatic rings. The Bertz CT molecular complexity index is 1500. The van der Waals surface area contributed by atoms with E-state index in [1.54, 1.807) is 25.8 Å². The number of carbonyl (C=O) groups is 2. The Balaban J connectivity index is 0.00000124. The second-order valence-electron chi connectivity index (χ2n) is 9.84. The summed E-state index contributed by atoms with van der Waals surface area (Å²) in [6, 6.07) is 8.16. The summed E-state index contributed by atoms with van der Waals surface area (Å²) in [7, 11) is 3.63. The highest BCUT2D eigenvalue weighted by Crippen LogP contribution is 2.32. The Kier molecular flexibility index (Phi) is 9.30. The maximum absolute atomic E-state index is 12.4. The van der Waals surface area contributed by atoms with Crippen molar-refractivity contribution >= 4 is 40.7 Å². The monoisotopic (exact) mass is 561 g/mol. The topological polar surface area (TPSA) is 173 Å². The Morgan fingerprint density at radius 3 is 2.44 bits per heavy atom. The summed E-state index contributed by atoms with van der Waals surface area (Å²) >= 11 is 0. The minimum Gasteiger partial charge on any atom is -0.490 e. The highest BCUT2D eigenvalue weighted by atomic mass is 16.5. The summed E-state index contributed by atoms with van der Waals surface area (Å²) in [5.41, 5.74) is 9.09. The van der Waals surface area contributed by atoms with Gasteiger partial charge in [0.15, 0.2) is 17.3 Å². The zero-order valence-corrected chi connectivity index (χ0v) is 23.5. The van der Waals surface area contributed by atoms with Crippen molar-refractivity contribution in [2.24, 2.45) is 12.8 Å². The maximum atomic E-state index is 12.4. The number of aryl methyl sites for hydroxylation is 1. The van der Waals surface area contributed by atoms with Crippen LogP contribution in [0.15, 0.2) is 43.0 Å². The molecule has 1 aliphatic rings. The summed E-state index contributed by atoms with van der Waals surface area (Å²) < 4.78 is 8.07. The number of nitrogens with zero attached hydrogens (tertiary/aromatic N) is 6. The van der Waals surface area contributed by atoms with E-state index in [1.165, 1.54) is 0 Å². The van der Waals surface area contributed by atoms with E-state index in [0.29, 0.717) is 28.6 Å². The van der Waals surface area contributed by atoms with Crippen LogP contribution in [0.25, 0.3) is 22.3 Å². The number of piperidine rings is 1. The summed E-state index contributed by atoms with van der Waals surface area (Å²) in [5.74, 6) is 0.825. The molecule has 41 heavy (non-hydrogen) atoms. The Morgan fingerprint density at radius 1 is 1.15 bits per heavy atom. The van der Waals surface area contributed by atoms with Crippen molar-refractivity contribution in [2.45, 2.75) is 38.8 Å². The van der Waals surface area contributed by atoms with Gasteiger partial charge < -0.3 is 35.7 Å². The number of hydrogen-bond donors (Lipinski definition) is 4. The molecule has 0 atom stereocenters. The Labute approximate surface area is 237 Å². The smallest absolute Gasteiger partial charge is 0.290 e. The number of rotatable bonds is 8. The first kappa shape index (κ1) is 29.2. The quantitative estimate of drug-likeness (QED) is 0.233. The van der Waals surface area contributed by atoms with Gasteiger partial charge in [-0.25, -0.2) is 15.0 Å². The van der Waals surface area contributed by atoms with Crippen LogP contribution >= 0.6 is 0 Å². The number of anilines is 3. The Morgan fingerprint density at radius 2 is 1.83 bits per heavy atom. The zero-order valence-electron chi connectivity index (χ0n) is 23.5. The molecule has 0 unspecified atom stereocenters. The van der Waals surface area contributed by atoms with E-state index >= 15 is 0 Å². The SMILES string of the molecule is CNc1nc(Nc2ccc(OC3CCN(C(C)C)CC3)cc2)c(C(N)=O)nc1-c1cncc2c1ncn2C.O=CO. The van der Waals surface area contributed by atoms with Crippen molar-refractivity contribution in [1.29, 1.82) is 0 Å². The lowest BCUT2D eigenvalue weighted by Crippen LogP contribution is -2.41. The molecule has 0 spiro atoms. The molecule has 1 fully saturated rings. The molecule has 4 heterocycles. The van der Waals surface area contributed by atoms with Crippen LogP contribution in [0.3, 0.4) is 0 Å². The minimum atomic E-state index is -0.697. The van der Waals surface area contributed by atoms with Gasteiger partial charge in [-0.3, -0.25) is 14.6 Å². The lowest BCUT2D eigenvalue weighted by atomic mass is 10.1. The first-order chi connectivity index (χ1) is 19.7. The third kappa shape index (κ3) is 6.69. The number of likely N-dealkylation sites (tertiary alicyclic amines) is 1. The number of benzene rings is 1. The van der Waals surface area contributed by atoms with Crippen LogP contribution in [-0.2, 0) is 11.8 Å². The molecule has 0 saturated carbocycles. The zero-order chi connectivity index (χ0) is 29.5. The minimum absolute atomic E-state index is 0.0178. The fourth-order valence-corrected chi connectivity index (χ4v) is 4.73. The van der Waals surface area contributed by atoms with Gasteiger partial charge in [-0.05, 0) is 51.0 Å². The number of aromatic nitrogens is 5. The van der Waals surface area contributed by atoms with Gasteiger partial charge in [0.1, 0.15) is 23.1 Å². The highest BCUT2D eigenvalue weighted by Gasteiger charge is 2.23. The van der Waals surface area contributed by atoms with E-state index < -0.39 is 5.91 Å². The predicted molar refractivity (Wildman–Crippen MR) is 156 cm³/mol. The maximum Gasteiger partial charge on any atom is 0.290 e. The summed E-state index contributed by atoms with van der Waals surface area (Å²) in [5, 5.41) is 13.1. The molecule has 1 saturated heterocycles. The van der Waals surface area contributed by atoms with E-state index in [2.05, 4.69) is 49.3 Å². The van der Waals surface area contributed by atoms with Gasteiger partial charge in [-0.2, -0.15) is 0 Å². The van der Waals surface area contributed by atoms with Crippen molar-refractivity contribution in [2.75, 3.05) is 30.8 Å². The van der Waals surface area contributed by atoms with Gasteiger partial charge >= 0.3 is 0 Å². The number of pyridine rings is 1. The number of carbonyl (C=O) groups excluding carboxylic acids is 1. The molecule has 0 radical (unpaired) electrons. The highest BCUT2D eigenvalue weighted by molar-refractivity contribution is 5.99. The second kappa shape index (κ2) is 13.0. The van der Waals surface area contributed by atoms with Crippen molar-refractivity contribution < 1.29 is 19.4 Å². The lowest BCUT2D eigenvalue weighted by Gasteiger charge is -2.34. The van der Waals surface area contributed by atoms with Crippen LogP contribution in [0, 0.1) is 0 Å². The number of carboxylic acid groups (broad SMARTS) is 1. The standard InChI is InChI=1S/C27H33N9O2.CH2O2/c1-16(2)36-11-9-19(10-12-36)38-18-7-5-17(6-8-18)32-27-24(25(28)37)33-23(26(29-3)34-27)20-13-30-14-21-22(20)31-15-35(21)4;2-1-3/h5-8,13-16,19H,9-12H2,1-4H3,(H2,28,37)(H2,29,32,34);1H,(H,2,3). The average molecular weight is 562 g/mol. The number of nitrogens with one attached hydrogen (secondary N) is 2. The van der Waals surface area contributed by atoms with Crippen LogP contribution < -0.4 is 21.1 Å². The average Bonchev–Trinajstić information content (AvgIpc) is 3.35. The van der Waals surface area contributed by atoms with Gasteiger partial charge in [0.25, 0.3) is 12.4 Å². The van der Waals surface area contributed by atoms with Crippen molar-refractivity contribution in [3.8, 4) is 17.0 Å². The van der Waals surface area contributed by atoms with Gasteiger partial charge in [0.05, 0.1) is 23.6 Å². The number of nitrogens with two attached hydrogens (primary N) is 1. The largest absolute Gasteiger partial charge is 0.490 e. The summed E-state index contributed by atoms with van der Waals surface area (Å²) in [6.07, 6.45) is 7.32. The first-order valence-electron chi connectivity index (χ1n) is 13.3. The van der Waals surface area contributed by atoms with Crippen LogP contribution in [-0.4, -0.2) is 79.2 Å². The third-order valence-electron chi connectivity index (χ3n) is 6.89. The second-order valence-corrected chi connectivity index (χ2v) is 9.84. The number of primary amides is 1. The van der Waals surface area contributed by atoms with E-state index in [0.717, 1.165) is 42.9 Å². The van der Waals surface area contributed by atoms with E-state index in [1.807, 2.05) is 35.9 Å². The molecule has 5 rings (SSSR count). The number of amides is 1. The molecule has 13 nitrogen and oxygen atoms in total. The van der Waals surface area contributed by atoms with E-state index in [4.69, 9.17) is 20.4 Å².